The van der Waals surface area contributed by atoms with Gasteiger partial charge in [-0.25, -0.2) is 4.79 Å². The van der Waals surface area contributed by atoms with E-state index in [9.17, 15) is 24.9 Å². The van der Waals surface area contributed by atoms with Crippen LogP contribution >= 0.6 is 0 Å². The van der Waals surface area contributed by atoms with Gasteiger partial charge in [0.2, 0.25) is 5.91 Å². The van der Waals surface area contributed by atoms with Gasteiger partial charge < -0.3 is 41.4 Å². The fraction of sp³-hybridized carbons (Fsp3) is 0.391. The van der Waals surface area contributed by atoms with E-state index in [4.69, 9.17) is 10.1 Å². The molecule has 0 bridgehead atoms. The molecule has 0 radical (unpaired) electrons. The van der Waals surface area contributed by atoms with Crippen LogP contribution in [-0.4, -0.2) is 50.2 Å². The van der Waals surface area contributed by atoms with Crippen molar-refractivity contribution >= 4 is 23.9 Å². The molecule has 1 aromatic heterocycles. The lowest BCUT2D eigenvalue weighted by Crippen LogP contribution is -2.45. The molecule has 2 atom stereocenters. The molecule has 0 saturated heterocycles. The molecule has 11 heteroatoms. The van der Waals surface area contributed by atoms with Crippen molar-refractivity contribution in [2.45, 2.75) is 51.9 Å². The van der Waals surface area contributed by atoms with Crippen LogP contribution in [-0.2, 0) is 9.53 Å². The average molecular weight is 476 g/mol. The van der Waals surface area contributed by atoms with E-state index < -0.39 is 35.7 Å². The Balaban J connectivity index is 3.48. The molecular formula is C23H33N5O6. The molecule has 1 rings (SSSR count). The SMILES string of the molecule is C=CCC(NC(=O)OC(C)(C)C)c1ccnc(/C(NC(O)(O)O)=C(/C=N)NC(=O)C(C)C=C)c1. The zero-order valence-electron chi connectivity index (χ0n) is 19.8. The summed E-state index contributed by atoms with van der Waals surface area (Å²) >= 11 is 0. The Bertz CT molecular complexity index is 946. The number of alkyl carbamates (subject to hydrolysis) is 1. The van der Waals surface area contributed by atoms with Crippen molar-refractivity contribution in [2.75, 3.05) is 0 Å². The summed E-state index contributed by atoms with van der Waals surface area (Å²) in [6, 6.07) is 2.50. The fourth-order valence-corrected chi connectivity index (χ4v) is 2.66. The van der Waals surface area contributed by atoms with Crippen LogP contribution in [0.2, 0.25) is 0 Å². The predicted molar refractivity (Wildman–Crippen MR) is 127 cm³/mol. The van der Waals surface area contributed by atoms with Crippen molar-refractivity contribution in [2.24, 2.45) is 5.92 Å². The van der Waals surface area contributed by atoms with Gasteiger partial charge in [0.25, 0.3) is 0 Å². The van der Waals surface area contributed by atoms with Gasteiger partial charge in [-0.1, -0.05) is 19.1 Å². The molecular weight excluding hydrogens is 442 g/mol. The van der Waals surface area contributed by atoms with Crippen LogP contribution < -0.4 is 16.0 Å². The summed E-state index contributed by atoms with van der Waals surface area (Å²) in [5, 5.41) is 43.5. The average Bonchev–Trinajstić information content (AvgIpc) is 2.73. The molecule has 0 aliphatic carbocycles. The zero-order valence-corrected chi connectivity index (χ0v) is 19.8. The quantitative estimate of drug-likeness (QED) is 0.143. The molecule has 2 unspecified atom stereocenters. The molecule has 1 aromatic rings. The van der Waals surface area contributed by atoms with Gasteiger partial charge in [0.05, 0.1) is 29.0 Å². The van der Waals surface area contributed by atoms with Crippen molar-refractivity contribution in [3.8, 4) is 0 Å². The summed E-state index contributed by atoms with van der Waals surface area (Å²) in [5.74, 6) is -1.15. The summed E-state index contributed by atoms with van der Waals surface area (Å²) in [4.78, 5) is 28.8. The Morgan fingerprint density at radius 1 is 1.26 bits per heavy atom. The van der Waals surface area contributed by atoms with Crippen LogP contribution in [0, 0.1) is 11.3 Å². The topological polar surface area (TPSA) is 177 Å². The summed E-state index contributed by atoms with van der Waals surface area (Å²) in [5.41, 5.74) is -0.610. The minimum Gasteiger partial charge on any atom is -0.444 e. The van der Waals surface area contributed by atoms with Crippen molar-refractivity contribution in [1.29, 1.82) is 5.41 Å². The molecule has 7 N–H and O–H groups in total. The number of amides is 2. The van der Waals surface area contributed by atoms with Gasteiger partial charge in [0.1, 0.15) is 5.60 Å². The lowest BCUT2D eigenvalue weighted by atomic mass is 10.0. The first kappa shape index (κ1) is 28.5. The van der Waals surface area contributed by atoms with Crippen molar-refractivity contribution < 1.29 is 29.6 Å². The number of aromatic nitrogens is 1. The second-order valence-corrected chi connectivity index (χ2v) is 8.40. The number of carbonyl (C=O) groups is 2. The van der Waals surface area contributed by atoms with Crippen LogP contribution in [0.1, 0.15) is 51.4 Å². The van der Waals surface area contributed by atoms with Gasteiger partial charge in [-0.15, -0.1) is 13.2 Å². The molecule has 1 heterocycles. The number of nitrogens with one attached hydrogen (secondary N) is 4. The second-order valence-electron chi connectivity index (χ2n) is 8.40. The van der Waals surface area contributed by atoms with Gasteiger partial charge in [-0.2, -0.15) is 0 Å². The van der Waals surface area contributed by atoms with E-state index in [1.807, 2.05) is 5.32 Å². The highest BCUT2D eigenvalue weighted by molar-refractivity contribution is 5.95. The van der Waals surface area contributed by atoms with E-state index in [-0.39, 0.29) is 17.1 Å². The van der Waals surface area contributed by atoms with Crippen molar-refractivity contribution in [3.05, 3.63) is 60.6 Å². The summed E-state index contributed by atoms with van der Waals surface area (Å²) in [6.07, 6.45) is 1.39. The number of ether oxygens (including phenoxy) is 1. The molecule has 186 valence electrons. The maximum Gasteiger partial charge on any atom is 0.408 e. The third-order valence-electron chi connectivity index (χ3n) is 4.27. The minimum atomic E-state index is -3.38. The number of nitrogens with zero attached hydrogens (tertiary/aromatic N) is 1. The number of aliphatic hydroxyl groups is 3. The van der Waals surface area contributed by atoms with Gasteiger partial charge in [0, 0.05) is 12.4 Å². The highest BCUT2D eigenvalue weighted by atomic mass is 16.7. The normalized spacial score (nSPS) is 14.1. The van der Waals surface area contributed by atoms with Crippen LogP contribution in [0.15, 0.2) is 49.3 Å². The molecule has 0 aromatic carbocycles. The third kappa shape index (κ3) is 9.53. The highest BCUT2D eigenvalue weighted by Gasteiger charge is 2.26. The number of carbonyl (C=O) groups excluding carboxylic acids is 2. The number of allylic oxidation sites excluding steroid dienone is 1. The van der Waals surface area contributed by atoms with E-state index in [2.05, 4.69) is 28.8 Å². The van der Waals surface area contributed by atoms with Crippen molar-refractivity contribution in [1.82, 2.24) is 20.9 Å². The Labute approximate surface area is 198 Å². The lowest BCUT2D eigenvalue weighted by Gasteiger charge is -2.24. The van der Waals surface area contributed by atoms with E-state index >= 15 is 0 Å². The summed E-state index contributed by atoms with van der Waals surface area (Å²) in [7, 11) is 0. The summed E-state index contributed by atoms with van der Waals surface area (Å²) in [6.45, 7) is 14.0. The maximum atomic E-state index is 12.3. The first-order chi connectivity index (χ1) is 15.7. The number of hydrogen-bond donors (Lipinski definition) is 7. The van der Waals surface area contributed by atoms with Crippen LogP contribution in [0.4, 0.5) is 4.79 Å². The van der Waals surface area contributed by atoms with E-state index in [0.29, 0.717) is 12.0 Å². The van der Waals surface area contributed by atoms with Crippen LogP contribution in [0.25, 0.3) is 5.70 Å². The Morgan fingerprint density at radius 3 is 2.41 bits per heavy atom. The van der Waals surface area contributed by atoms with E-state index in [1.165, 1.54) is 18.3 Å². The molecule has 0 fully saturated rings. The maximum absolute atomic E-state index is 12.3. The Morgan fingerprint density at radius 2 is 1.91 bits per heavy atom. The largest absolute Gasteiger partial charge is 0.444 e. The molecule has 2 amide bonds. The zero-order chi connectivity index (χ0) is 26.1. The number of pyridine rings is 1. The standard InChI is InChI=1S/C23H33N5O6/c1-7-9-16(27-21(30)34-22(4,5)6)15-10-11-25-17(12-15)19(28-23(31,32)33)18(13-24)26-20(29)14(3)8-2/h7-8,10-14,16,24,28,31-33H,1-2,9H2,3-6H3,(H,26,29)(H,27,30)/b19-18+,24-13?. The highest BCUT2D eigenvalue weighted by Crippen LogP contribution is 2.22. The van der Waals surface area contributed by atoms with Gasteiger partial charge in [-0.3, -0.25) is 9.78 Å². The molecule has 34 heavy (non-hydrogen) atoms. The van der Waals surface area contributed by atoms with Crippen LogP contribution in [0.5, 0.6) is 0 Å². The lowest BCUT2D eigenvalue weighted by molar-refractivity contribution is -0.323. The molecule has 0 saturated carbocycles. The first-order valence-electron chi connectivity index (χ1n) is 10.4. The fourth-order valence-electron chi connectivity index (χ4n) is 2.66. The van der Waals surface area contributed by atoms with Gasteiger partial charge in [0.15, 0.2) is 0 Å². The molecule has 0 aliphatic heterocycles. The minimum absolute atomic E-state index is 0.0316. The Kier molecular flexibility index (Phi) is 10.1. The van der Waals surface area contributed by atoms with Gasteiger partial charge in [-0.05, 0) is 44.9 Å². The number of rotatable bonds is 11. The second kappa shape index (κ2) is 12.1. The molecule has 0 spiro atoms. The van der Waals surface area contributed by atoms with E-state index in [1.54, 1.807) is 39.8 Å². The molecule has 0 aliphatic rings. The first-order valence-corrected chi connectivity index (χ1v) is 10.4. The summed E-state index contributed by atoms with van der Waals surface area (Å²) < 4.78 is 5.31. The Hall–Kier alpha value is -3.54. The predicted octanol–water partition coefficient (Wildman–Crippen LogP) is 1.66. The van der Waals surface area contributed by atoms with Gasteiger partial charge >= 0.3 is 12.2 Å². The van der Waals surface area contributed by atoms with Crippen LogP contribution in [0.3, 0.4) is 0 Å². The molecule has 11 nitrogen and oxygen atoms in total. The van der Waals surface area contributed by atoms with E-state index in [0.717, 1.165) is 6.21 Å². The van der Waals surface area contributed by atoms with Crippen molar-refractivity contribution in [3.63, 3.8) is 0 Å². The smallest absolute Gasteiger partial charge is 0.408 e. The number of hydrogen-bond acceptors (Lipinski definition) is 9. The monoisotopic (exact) mass is 475 g/mol. The third-order valence-corrected chi connectivity index (χ3v) is 4.27.